The van der Waals surface area contributed by atoms with Gasteiger partial charge in [0.25, 0.3) is 5.91 Å². The first-order valence-corrected chi connectivity index (χ1v) is 9.78. The third-order valence-electron chi connectivity index (χ3n) is 3.96. The molecule has 1 amide bonds. The van der Waals surface area contributed by atoms with Gasteiger partial charge >= 0.3 is 0 Å². The molecule has 0 aliphatic heterocycles. The lowest BCUT2D eigenvalue weighted by Gasteiger charge is -2.13. The van der Waals surface area contributed by atoms with Gasteiger partial charge in [-0.25, -0.2) is 0 Å². The third-order valence-corrected chi connectivity index (χ3v) is 4.58. The van der Waals surface area contributed by atoms with Crippen LogP contribution >= 0.6 is 15.9 Å². The smallest absolute Gasteiger partial charge is 0.266 e. The maximum atomic E-state index is 12.6. The lowest BCUT2D eigenvalue weighted by atomic mass is 10.1. The number of benzene rings is 2. The van der Waals surface area contributed by atoms with E-state index in [0.717, 1.165) is 15.6 Å². The fraction of sp³-hybridized carbons (Fsp3) is 0.273. The average Bonchev–Trinajstić information content (AvgIpc) is 2.65. The molecule has 0 saturated heterocycles. The molecule has 0 bridgehead atoms. The van der Waals surface area contributed by atoms with Crippen LogP contribution in [0.2, 0.25) is 0 Å². The van der Waals surface area contributed by atoms with Gasteiger partial charge in [0.15, 0.2) is 0 Å². The number of amides is 1. The molecule has 0 spiro atoms. The van der Waals surface area contributed by atoms with Gasteiger partial charge in [-0.05, 0) is 67.4 Å². The molecule has 2 rings (SSSR count). The van der Waals surface area contributed by atoms with Crippen molar-refractivity contribution >= 4 is 33.6 Å². The minimum Gasteiger partial charge on any atom is -0.493 e. The Hall–Kier alpha value is -2.78. The first kappa shape index (κ1) is 21.5. The van der Waals surface area contributed by atoms with Crippen LogP contribution < -0.4 is 14.8 Å². The minimum atomic E-state index is -0.470. The Morgan fingerprint density at radius 1 is 1.14 bits per heavy atom. The number of hydrogen-bond acceptors (Lipinski definition) is 4. The maximum Gasteiger partial charge on any atom is 0.266 e. The van der Waals surface area contributed by atoms with Gasteiger partial charge in [0.2, 0.25) is 0 Å². The molecule has 146 valence electrons. The summed E-state index contributed by atoms with van der Waals surface area (Å²) >= 11 is 3.46. The fourth-order valence-corrected chi connectivity index (χ4v) is 3.13. The number of nitrogens with one attached hydrogen (secondary N) is 1. The third kappa shape index (κ3) is 5.37. The number of carbonyl (C=O) groups excluding carboxylic acids is 1. The Bertz CT molecular complexity index is 946. The van der Waals surface area contributed by atoms with E-state index in [1.807, 2.05) is 52.0 Å². The maximum absolute atomic E-state index is 12.6. The van der Waals surface area contributed by atoms with Crippen LogP contribution in [0.3, 0.4) is 0 Å². The van der Waals surface area contributed by atoms with Gasteiger partial charge in [-0.1, -0.05) is 17.7 Å². The van der Waals surface area contributed by atoms with Crippen LogP contribution in [0.25, 0.3) is 6.08 Å². The molecule has 0 aliphatic rings. The molecular formula is C22H23BrN2O3. The summed E-state index contributed by atoms with van der Waals surface area (Å²) in [5.41, 5.74) is 3.31. The van der Waals surface area contributed by atoms with Crippen LogP contribution in [-0.4, -0.2) is 19.1 Å². The van der Waals surface area contributed by atoms with E-state index >= 15 is 0 Å². The second-order valence-corrected chi connectivity index (χ2v) is 6.98. The van der Waals surface area contributed by atoms with Crippen molar-refractivity contribution in [2.75, 3.05) is 18.5 Å². The van der Waals surface area contributed by atoms with E-state index < -0.39 is 5.91 Å². The largest absolute Gasteiger partial charge is 0.493 e. The number of carbonyl (C=O) groups is 1. The molecule has 0 heterocycles. The molecule has 2 aromatic rings. The Balaban J connectivity index is 2.38. The van der Waals surface area contributed by atoms with E-state index in [2.05, 4.69) is 21.2 Å². The zero-order valence-electron chi connectivity index (χ0n) is 16.4. The molecule has 1 N–H and O–H groups in total. The van der Waals surface area contributed by atoms with Crippen molar-refractivity contribution in [3.8, 4) is 17.6 Å². The number of anilines is 1. The molecule has 6 heteroatoms. The molecule has 2 aromatic carbocycles. The molecule has 0 radical (unpaired) electrons. The molecule has 28 heavy (non-hydrogen) atoms. The summed E-state index contributed by atoms with van der Waals surface area (Å²) in [7, 11) is 0. The van der Waals surface area contributed by atoms with Crippen LogP contribution in [0, 0.1) is 25.2 Å². The SMILES string of the molecule is CCOc1cc(OCC)c(/C=C(\C#N)C(=O)Nc2ccc(C)cc2C)cc1Br. The minimum absolute atomic E-state index is 0.0167. The summed E-state index contributed by atoms with van der Waals surface area (Å²) < 4.78 is 12.0. The summed E-state index contributed by atoms with van der Waals surface area (Å²) in [4.78, 5) is 12.6. The fourth-order valence-electron chi connectivity index (χ4n) is 2.66. The van der Waals surface area contributed by atoms with Crippen molar-refractivity contribution in [3.05, 3.63) is 57.1 Å². The normalized spacial score (nSPS) is 10.9. The van der Waals surface area contributed by atoms with Crippen molar-refractivity contribution in [1.29, 1.82) is 5.26 Å². The summed E-state index contributed by atoms with van der Waals surface area (Å²) in [5.74, 6) is 0.712. The van der Waals surface area contributed by atoms with Crippen molar-refractivity contribution in [1.82, 2.24) is 0 Å². The number of ether oxygens (including phenoxy) is 2. The molecule has 0 saturated carbocycles. The van der Waals surface area contributed by atoms with Gasteiger partial charge in [-0.3, -0.25) is 4.79 Å². The monoisotopic (exact) mass is 442 g/mol. The van der Waals surface area contributed by atoms with Gasteiger partial charge in [-0.2, -0.15) is 5.26 Å². The Kier molecular flexibility index (Phi) is 7.65. The van der Waals surface area contributed by atoms with E-state index in [0.29, 0.717) is 36.0 Å². The van der Waals surface area contributed by atoms with E-state index in [-0.39, 0.29) is 5.57 Å². The molecule has 5 nitrogen and oxygen atoms in total. The highest BCUT2D eigenvalue weighted by Gasteiger charge is 2.15. The second kappa shape index (κ2) is 9.95. The van der Waals surface area contributed by atoms with Crippen molar-refractivity contribution in [2.45, 2.75) is 27.7 Å². The molecule has 0 unspecified atom stereocenters. The number of aryl methyl sites for hydroxylation is 2. The highest BCUT2D eigenvalue weighted by molar-refractivity contribution is 9.10. The van der Waals surface area contributed by atoms with E-state index in [1.165, 1.54) is 6.08 Å². The predicted molar refractivity (Wildman–Crippen MR) is 115 cm³/mol. The Morgan fingerprint density at radius 3 is 2.43 bits per heavy atom. The van der Waals surface area contributed by atoms with Crippen LogP contribution in [0.5, 0.6) is 11.5 Å². The molecule has 0 aliphatic carbocycles. The predicted octanol–water partition coefficient (Wildman–Crippen LogP) is 5.41. The zero-order chi connectivity index (χ0) is 20.7. The standard InChI is InChI=1S/C22H23BrN2O3/c1-5-27-20-12-21(28-6-2)18(23)11-16(20)10-17(13-24)22(26)25-19-8-7-14(3)9-15(19)4/h7-12H,5-6H2,1-4H3,(H,25,26)/b17-10+. The molecule has 0 aromatic heterocycles. The van der Waals surface area contributed by atoms with Gasteiger partial charge in [-0.15, -0.1) is 0 Å². The Morgan fingerprint density at radius 2 is 1.82 bits per heavy atom. The quantitative estimate of drug-likeness (QED) is 0.459. The van der Waals surface area contributed by atoms with Crippen LogP contribution in [0.1, 0.15) is 30.5 Å². The highest BCUT2D eigenvalue weighted by atomic mass is 79.9. The topological polar surface area (TPSA) is 71.3 Å². The zero-order valence-corrected chi connectivity index (χ0v) is 18.0. The van der Waals surface area contributed by atoms with Crippen LogP contribution in [0.4, 0.5) is 5.69 Å². The molecule has 0 atom stereocenters. The number of hydrogen-bond donors (Lipinski definition) is 1. The lowest BCUT2D eigenvalue weighted by Crippen LogP contribution is -2.14. The van der Waals surface area contributed by atoms with Gasteiger partial charge in [0.1, 0.15) is 23.1 Å². The first-order chi connectivity index (χ1) is 13.4. The number of nitriles is 1. The average molecular weight is 443 g/mol. The van der Waals surface area contributed by atoms with E-state index in [1.54, 1.807) is 12.1 Å². The number of halogens is 1. The summed E-state index contributed by atoms with van der Waals surface area (Å²) in [6.07, 6.45) is 1.52. The van der Waals surface area contributed by atoms with E-state index in [9.17, 15) is 10.1 Å². The number of rotatable bonds is 7. The first-order valence-electron chi connectivity index (χ1n) is 8.99. The van der Waals surface area contributed by atoms with Crippen LogP contribution in [-0.2, 0) is 4.79 Å². The summed E-state index contributed by atoms with van der Waals surface area (Å²) in [6, 6.07) is 11.2. The summed E-state index contributed by atoms with van der Waals surface area (Å²) in [6.45, 7) is 8.62. The van der Waals surface area contributed by atoms with Gasteiger partial charge < -0.3 is 14.8 Å². The van der Waals surface area contributed by atoms with Gasteiger partial charge in [0.05, 0.1) is 17.7 Å². The highest BCUT2D eigenvalue weighted by Crippen LogP contribution is 2.34. The summed E-state index contributed by atoms with van der Waals surface area (Å²) in [5, 5.41) is 12.3. The number of nitrogens with zero attached hydrogens (tertiary/aromatic N) is 1. The van der Waals surface area contributed by atoms with Gasteiger partial charge in [0, 0.05) is 17.3 Å². The lowest BCUT2D eigenvalue weighted by molar-refractivity contribution is -0.112. The molecule has 0 fully saturated rings. The molecular weight excluding hydrogens is 420 g/mol. The van der Waals surface area contributed by atoms with Crippen LogP contribution in [0.15, 0.2) is 40.4 Å². The second-order valence-electron chi connectivity index (χ2n) is 6.13. The van der Waals surface area contributed by atoms with Crippen molar-refractivity contribution < 1.29 is 14.3 Å². The van der Waals surface area contributed by atoms with E-state index in [4.69, 9.17) is 9.47 Å². The van der Waals surface area contributed by atoms with Crippen molar-refractivity contribution in [3.63, 3.8) is 0 Å². The Labute approximate surface area is 174 Å². The van der Waals surface area contributed by atoms with Crippen molar-refractivity contribution in [2.24, 2.45) is 0 Å².